The van der Waals surface area contributed by atoms with Crippen LogP contribution < -0.4 is 16.0 Å². The van der Waals surface area contributed by atoms with Gasteiger partial charge < -0.3 is 10.6 Å². The lowest BCUT2D eigenvalue weighted by Gasteiger charge is -2.29. The van der Waals surface area contributed by atoms with Crippen LogP contribution in [0.1, 0.15) is 46.9 Å². The molecule has 8 heteroatoms. The number of rotatable bonds is 3. The fourth-order valence-corrected chi connectivity index (χ4v) is 4.06. The Kier molecular flexibility index (Phi) is 4.43. The number of nitrogens with one attached hydrogen (secondary N) is 3. The van der Waals surface area contributed by atoms with Crippen LogP contribution in [0.25, 0.3) is 0 Å². The highest BCUT2D eigenvalue weighted by atomic mass is 16.2. The maximum Gasteiger partial charge on any atom is 0.262 e. The molecule has 3 atom stereocenters. The van der Waals surface area contributed by atoms with Gasteiger partial charge in [-0.1, -0.05) is 6.92 Å². The van der Waals surface area contributed by atoms with Gasteiger partial charge in [-0.05, 0) is 43.5 Å². The highest BCUT2D eigenvalue weighted by Crippen LogP contribution is 2.30. The molecule has 0 aliphatic carbocycles. The van der Waals surface area contributed by atoms with Crippen molar-refractivity contribution < 1.29 is 19.2 Å². The van der Waals surface area contributed by atoms with Crippen LogP contribution in [0.5, 0.6) is 0 Å². The highest BCUT2D eigenvalue weighted by molar-refractivity contribution is 6.23. The van der Waals surface area contributed by atoms with E-state index < -0.39 is 23.8 Å². The lowest BCUT2D eigenvalue weighted by atomic mass is 9.97. The molecule has 4 rings (SSSR count). The molecular formula is C19H22N4O4. The van der Waals surface area contributed by atoms with E-state index in [1.807, 2.05) is 0 Å². The number of nitrogens with zero attached hydrogens (tertiary/aromatic N) is 1. The molecule has 1 aromatic rings. The number of amides is 4. The molecule has 0 aromatic heterocycles. The van der Waals surface area contributed by atoms with E-state index in [-0.39, 0.29) is 24.8 Å². The van der Waals surface area contributed by atoms with E-state index in [0.29, 0.717) is 17.0 Å². The molecule has 2 saturated heterocycles. The summed E-state index contributed by atoms with van der Waals surface area (Å²) >= 11 is 0. The molecule has 3 N–H and O–H groups in total. The topological polar surface area (TPSA) is 108 Å². The smallest absolute Gasteiger partial charge is 0.262 e. The number of carbonyl (C=O) groups is 4. The number of piperidine rings is 2. The molecule has 3 heterocycles. The molecule has 2 fully saturated rings. The summed E-state index contributed by atoms with van der Waals surface area (Å²) in [5.41, 5.74) is 1.37. The zero-order valence-electron chi connectivity index (χ0n) is 15.1. The Labute approximate surface area is 156 Å². The number of benzene rings is 1. The Morgan fingerprint density at radius 3 is 2.59 bits per heavy atom. The molecule has 0 spiro atoms. The number of anilines is 1. The minimum absolute atomic E-state index is 0.115. The van der Waals surface area contributed by atoms with E-state index in [0.717, 1.165) is 30.1 Å². The fourth-order valence-electron chi connectivity index (χ4n) is 4.06. The van der Waals surface area contributed by atoms with Crippen LogP contribution in [0.15, 0.2) is 18.2 Å². The van der Waals surface area contributed by atoms with Crippen molar-refractivity contribution in [3.05, 3.63) is 29.3 Å². The van der Waals surface area contributed by atoms with Gasteiger partial charge in [-0.3, -0.25) is 29.4 Å². The maximum atomic E-state index is 12.8. The fraction of sp³-hybridized carbons (Fsp3) is 0.474. The van der Waals surface area contributed by atoms with Gasteiger partial charge >= 0.3 is 0 Å². The molecule has 1 aromatic carbocycles. The molecule has 3 aliphatic heterocycles. The first-order chi connectivity index (χ1) is 12.9. The summed E-state index contributed by atoms with van der Waals surface area (Å²) in [6.07, 6.45) is 1.30. The number of fused-ring (bicyclic) bond motifs is 1. The van der Waals surface area contributed by atoms with Crippen molar-refractivity contribution in [2.45, 2.75) is 38.3 Å². The van der Waals surface area contributed by atoms with E-state index in [1.165, 1.54) is 0 Å². The molecule has 4 amide bonds. The average Bonchev–Trinajstić information content (AvgIpc) is 2.86. The van der Waals surface area contributed by atoms with Crippen molar-refractivity contribution in [3.63, 3.8) is 0 Å². The van der Waals surface area contributed by atoms with Crippen molar-refractivity contribution in [2.75, 3.05) is 18.4 Å². The van der Waals surface area contributed by atoms with E-state index >= 15 is 0 Å². The van der Waals surface area contributed by atoms with Crippen molar-refractivity contribution in [3.8, 4) is 0 Å². The summed E-state index contributed by atoms with van der Waals surface area (Å²) in [7, 11) is 0. The predicted octanol–water partition coefficient (Wildman–Crippen LogP) is 0.498. The largest absolute Gasteiger partial charge is 0.381 e. The van der Waals surface area contributed by atoms with Gasteiger partial charge in [0.15, 0.2) is 0 Å². The van der Waals surface area contributed by atoms with Gasteiger partial charge in [0.05, 0.1) is 11.1 Å². The molecule has 1 unspecified atom stereocenters. The zero-order chi connectivity index (χ0) is 19.1. The van der Waals surface area contributed by atoms with E-state index in [9.17, 15) is 19.2 Å². The number of carbonyl (C=O) groups excluding carboxylic acids is 4. The molecule has 142 valence electrons. The third kappa shape index (κ3) is 3.21. The summed E-state index contributed by atoms with van der Waals surface area (Å²) in [6.45, 7) is 4.02. The van der Waals surface area contributed by atoms with Crippen molar-refractivity contribution in [1.29, 1.82) is 0 Å². The van der Waals surface area contributed by atoms with Crippen LogP contribution in [0.3, 0.4) is 0 Å². The average molecular weight is 370 g/mol. The van der Waals surface area contributed by atoms with Gasteiger partial charge in [0.2, 0.25) is 11.8 Å². The van der Waals surface area contributed by atoms with Gasteiger partial charge in [0, 0.05) is 24.7 Å². The van der Waals surface area contributed by atoms with Crippen LogP contribution >= 0.6 is 0 Å². The minimum Gasteiger partial charge on any atom is -0.381 e. The Morgan fingerprint density at radius 1 is 1.07 bits per heavy atom. The molecule has 27 heavy (non-hydrogen) atoms. The second-order valence-corrected chi connectivity index (χ2v) is 7.55. The quantitative estimate of drug-likeness (QED) is 0.669. The van der Waals surface area contributed by atoms with E-state index in [1.54, 1.807) is 18.2 Å². The predicted molar refractivity (Wildman–Crippen MR) is 97.2 cm³/mol. The Morgan fingerprint density at radius 2 is 1.85 bits per heavy atom. The number of hydrogen-bond donors (Lipinski definition) is 3. The molecule has 0 saturated carbocycles. The standard InChI is InChI=1S/C19H22N4O4/c1-10-6-12(9-20-8-10)21-11-2-3-13-14(7-11)19(27)23(18(13)26)15-4-5-16(24)22-17(15)25/h2-3,7,10,12,15,20-21H,4-6,8-9H2,1H3,(H,22,24,25)/t10-,12-,15?/m0/s1. The van der Waals surface area contributed by atoms with Crippen LogP contribution in [0, 0.1) is 5.92 Å². The normalized spacial score (nSPS) is 28.2. The Bertz CT molecular complexity index is 837. The molecule has 8 nitrogen and oxygen atoms in total. The maximum absolute atomic E-state index is 12.8. The third-order valence-electron chi connectivity index (χ3n) is 5.38. The summed E-state index contributed by atoms with van der Waals surface area (Å²) < 4.78 is 0. The second kappa shape index (κ2) is 6.77. The van der Waals surface area contributed by atoms with Gasteiger partial charge in [-0.25, -0.2) is 0 Å². The van der Waals surface area contributed by atoms with Crippen molar-refractivity contribution in [2.24, 2.45) is 5.92 Å². The van der Waals surface area contributed by atoms with Crippen LogP contribution in [0.4, 0.5) is 5.69 Å². The van der Waals surface area contributed by atoms with Crippen molar-refractivity contribution >= 4 is 29.3 Å². The summed E-state index contributed by atoms with van der Waals surface area (Å²) in [6, 6.07) is 4.42. The van der Waals surface area contributed by atoms with Gasteiger partial charge in [0.1, 0.15) is 6.04 Å². The first kappa shape index (κ1) is 17.7. The molecule has 0 bridgehead atoms. The van der Waals surface area contributed by atoms with Gasteiger partial charge in [-0.2, -0.15) is 0 Å². The van der Waals surface area contributed by atoms with E-state index in [2.05, 4.69) is 22.9 Å². The molecule has 3 aliphatic rings. The second-order valence-electron chi connectivity index (χ2n) is 7.55. The zero-order valence-corrected chi connectivity index (χ0v) is 15.1. The van der Waals surface area contributed by atoms with Gasteiger partial charge in [-0.15, -0.1) is 0 Å². The lowest BCUT2D eigenvalue weighted by molar-refractivity contribution is -0.136. The highest BCUT2D eigenvalue weighted by Gasteiger charge is 2.44. The summed E-state index contributed by atoms with van der Waals surface area (Å²) in [4.78, 5) is 49.9. The first-order valence-corrected chi connectivity index (χ1v) is 9.27. The number of imide groups is 2. The Balaban J connectivity index is 1.54. The van der Waals surface area contributed by atoms with Crippen LogP contribution in [-0.4, -0.2) is 53.7 Å². The molecular weight excluding hydrogens is 348 g/mol. The van der Waals surface area contributed by atoms with Crippen LogP contribution in [-0.2, 0) is 9.59 Å². The van der Waals surface area contributed by atoms with E-state index in [4.69, 9.17) is 0 Å². The Hall–Kier alpha value is -2.74. The van der Waals surface area contributed by atoms with Crippen LogP contribution in [0.2, 0.25) is 0 Å². The summed E-state index contributed by atoms with van der Waals surface area (Å²) in [5, 5.41) is 8.99. The van der Waals surface area contributed by atoms with Gasteiger partial charge in [0.25, 0.3) is 11.8 Å². The number of hydrogen-bond acceptors (Lipinski definition) is 6. The SMILES string of the molecule is C[C@@H]1CNC[C@@H](Nc2ccc3c(c2)C(=O)N(C2CCC(=O)NC2=O)C3=O)C1. The first-order valence-electron chi connectivity index (χ1n) is 9.27. The minimum atomic E-state index is -0.935. The summed E-state index contributed by atoms with van der Waals surface area (Å²) in [5.74, 6) is -1.37. The molecule has 0 radical (unpaired) electrons. The monoisotopic (exact) mass is 370 g/mol. The third-order valence-corrected chi connectivity index (χ3v) is 5.38. The van der Waals surface area contributed by atoms with Crippen molar-refractivity contribution in [1.82, 2.24) is 15.5 Å². The lowest BCUT2D eigenvalue weighted by Crippen LogP contribution is -2.54.